The van der Waals surface area contributed by atoms with Crippen molar-refractivity contribution in [1.29, 1.82) is 0 Å². The minimum Gasteiger partial charge on any atom is -0.223 e. The van der Waals surface area contributed by atoms with Crippen molar-refractivity contribution in [2.45, 2.75) is 0 Å². The van der Waals surface area contributed by atoms with Crippen molar-refractivity contribution < 1.29 is 10.0 Å². The Morgan fingerprint density at radius 3 is 2.85 bits per heavy atom. The highest BCUT2D eigenvalue weighted by Gasteiger charge is 2.05. The molecule has 0 spiro atoms. The SMILES string of the molecule is NN(O[N+](=O)[O-])c1cccc(Br)c1. The lowest BCUT2D eigenvalue weighted by molar-refractivity contribution is -0.762. The molecule has 0 amide bonds. The summed E-state index contributed by atoms with van der Waals surface area (Å²) >= 11 is 3.19. The molecule has 0 fully saturated rings. The van der Waals surface area contributed by atoms with Crippen molar-refractivity contribution in [3.8, 4) is 0 Å². The summed E-state index contributed by atoms with van der Waals surface area (Å²) in [6, 6.07) is 6.61. The van der Waals surface area contributed by atoms with Crippen LogP contribution in [0.4, 0.5) is 5.69 Å². The molecule has 70 valence electrons. The van der Waals surface area contributed by atoms with Crippen molar-refractivity contribution in [1.82, 2.24) is 0 Å². The second-order valence-corrected chi connectivity index (χ2v) is 3.03. The first-order valence-corrected chi connectivity index (χ1v) is 4.02. The Hall–Kier alpha value is -1.34. The second-order valence-electron chi connectivity index (χ2n) is 2.11. The quantitative estimate of drug-likeness (QED) is 0.494. The van der Waals surface area contributed by atoms with Crippen LogP contribution in [-0.4, -0.2) is 5.09 Å². The van der Waals surface area contributed by atoms with Gasteiger partial charge in [-0.15, -0.1) is 15.3 Å². The third-order valence-electron chi connectivity index (χ3n) is 1.22. The van der Waals surface area contributed by atoms with Gasteiger partial charge < -0.3 is 0 Å². The molecule has 1 rings (SSSR count). The third kappa shape index (κ3) is 2.88. The average Bonchev–Trinajstić information content (AvgIpc) is 2.03. The summed E-state index contributed by atoms with van der Waals surface area (Å²) in [5.74, 6) is 5.21. The van der Waals surface area contributed by atoms with Crippen LogP contribution in [0.25, 0.3) is 0 Å². The zero-order valence-corrected chi connectivity index (χ0v) is 7.97. The maximum Gasteiger partial charge on any atom is 0.318 e. The van der Waals surface area contributed by atoms with Crippen molar-refractivity contribution in [2.75, 3.05) is 5.17 Å². The van der Waals surface area contributed by atoms with Crippen LogP contribution in [0.15, 0.2) is 28.7 Å². The molecule has 0 radical (unpaired) electrons. The van der Waals surface area contributed by atoms with Crippen LogP contribution in [-0.2, 0) is 4.94 Å². The van der Waals surface area contributed by atoms with Gasteiger partial charge in [0.2, 0.25) is 0 Å². The Bertz CT molecular complexity index is 320. The minimum atomic E-state index is -0.985. The summed E-state index contributed by atoms with van der Waals surface area (Å²) in [4.78, 5) is 13.9. The number of benzene rings is 1. The van der Waals surface area contributed by atoms with Gasteiger partial charge in [0.05, 0.1) is 5.69 Å². The van der Waals surface area contributed by atoms with Gasteiger partial charge in [-0.25, -0.2) is 5.84 Å². The Morgan fingerprint density at radius 2 is 2.31 bits per heavy atom. The molecule has 0 aliphatic heterocycles. The highest BCUT2D eigenvalue weighted by atomic mass is 79.9. The molecule has 1 aromatic rings. The van der Waals surface area contributed by atoms with Gasteiger partial charge in [0.1, 0.15) is 0 Å². The second kappa shape index (κ2) is 4.06. The standard InChI is InChI=1S/C6H6BrN3O3/c7-5-2-1-3-6(4-5)9(8)13-10(11)12/h1-4H,8H2. The molecule has 0 saturated carbocycles. The van der Waals surface area contributed by atoms with E-state index in [1.165, 1.54) is 0 Å². The van der Waals surface area contributed by atoms with E-state index >= 15 is 0 Å². The van der Waals surface area contributed by atoms with E-state index in [0.29, 0.717) is 10.9 Å². The van der Waals surface area contributed by atoms with Crippen LogP contribution >= 0.6 is 15.9 Å². The molecule has 0 atom stereocenters. The number of nitrogens with zero attached hydrogens (tertiary/aromatic N) is 2. The number of anilines is 1. The van der Waals surface area contributed by atoms with Crippen LogP contribution < -0.4 is 11.0 Å². The van der Waals surface area contributed by atoms with E-state index in [0.717, 1.165) is 4.47 Å². The first-order valence-electron chi connectivity index (χ1n) is 3.22. The van der Waals surface area contributed by atoms with Crippen molar-refractivity contribution >= 4 is 21.6 Å². The highest BCUT2D eigenvalue weighted by molar-refractivity contribution is 9.10. The van der Waals surface area contributed by atoms with Crippen LogP contribution in [0.2, 0.25) is 0 Å². The largest absolute Gasteiger partial charge is 0.318 e. The predicted molar refractivity (Wildman–Crippen MR) is 48.9 cm³/mol. The number of hydrogen-bond donors (Lipinski definition) is 1. The molecule has 0 aromatic heterocycles. The number of nitrogens with two attached hydrogens (primary N) is 1. The number of hydrogen-bond acceptors (Lipinski definition) is 5. The van der Waals surface area contributed by atoms with E-state index in [9.17, 15) is 10.1 Å². The lowest BCUT2D eigenvalue weighted by atomic mass is 10.3. The number of halogens is 1. The van der Waals surface area contributed by atoms with Crippen molar-refractivity contribution in [3.05, 3.63) is 38.9 Å². The molecule has 0 bridgehead atoms. The van der Waals surface area contributed by atoms with Gasteiger partial charge in [-0.2, -0.15) is 4.94 Å². The van der Waals surface area contributed by atoms with Gasteiger partial charge >= 0.3 is 5.09 Å². The predicted octanol–water partition coefficient (Wildman–Crippen LogP) is 1.25. The first-order chi connectivity index (χ1) is 6.09. The van der Waals surface area contributed by atoms with Gasteiger partial charge in [-0.05, 0) is 18.2 Å². The first kappa shape index (κ1) is 9.75. The fourth-order valence-electron chi connectivity index (χ4n) is 0.732. The van der Waals surface area contributed by atoms with Gasteiger partial charge in [-0.1, -0.05) is 22.0 Å². The molecule has 0 saturated heterocycles. The van der Waals surface area contributed by atoms with Gasteiger partial charge in [0.25, 0.3) is 0 Å². The summed E-state index contributed by atoms with van der Waals surface area (Å²) in [7, 11) is 0. The van der Waals surface area contributed by atoms with E-state index in [1.807, 2.05) is 0 Å². The summed E-state index contributed by atoms with van der Waals surface area (Å²) in [6.45, 7) is 0. The molecule has 13 heavy (non-hydrogen) atoms. The molecular weight excluding hydrogens is 242 g/mol. The maximum absolute atomic E-state index is 9.92. The Kier molecular flexibility index (Phi) is 3.04. The maximum atomic E-state index is 9.92. The molecular formula is C6H6BrN3O3. The molecule has 2 N–H and O–H groups in total. The van der Waals surface area contributed by atoms with Gasteiger partial charge in [0, 0.05) is 4.47 Å². The van der Waals surface area contributed by atoms with Crippen molar-refractivity contribution in [2.24, 2.45) is 5.84 Å². The molecule has 0 heterocycles. The smallest absolute Gasteiger partial charge is 0.223 e. The van der Waals surface area contributed by atoms with Crippen LogP contribution in [0, 0.1) is 10.1 Å². The van der Waals surface area contributed by atoms with Crippen LogP contribution in [0.5, 0.6) is 0 Å². The molecule has 0 aliphatic carbocycles. The normalized spacial score (nSPS) is 9.38. The molecule has 1 aromatic carbocycles. The molecule has 7 heteroatoms. The minimum absolute atomic E-state index is 0.381. The zero-order valence-electron chi connectivity index (χ0n) is 6.38. The average molecular weight is 248 g/mol. The van der Waals surface area contributed by atoms with Crippen molar-refractivity contribution in [3.63, 3.8) is 0 Å². The lowest BCUT2D eigenvalue weighted by Gasteiger charge is -2.13. The van der Waals surface area contributed by atoms with E-state index < -0.39 is 5.09 Å². The zero-order chi connectivity index (χ0) is 9.84. The van der Waals surface area contributed by atoms with E-state index in [4.69, 9.17) is 5.84 Å². The lowest BCUT2D eigenvalue weighted by Crippen LogP contribution is -2.33. The molecule has 6 nitrogen and oxygen atoms in total. The summed E-state index contributed by atoms with van der Waals surface area (Å²) in [6.07, 6.45) is 0. The van der Waals surface area contributed by atoms with Gasteiger partial charge in [0.15, 0.2) is 0 Å². The summed E-state index contributed by atoms with van der Waals surface area (Å²) in [5, 5.41) is 9.51. The highest BCUT2D eigenvalue weighted by Crippen LogP contribution is 2.17. The molecule has 0 aliphatic rings. The van der Waals surface area contributed by atoms with E-state index in [1.54, 1.807) is 24.3 Å². The van der Waals surface area contributed by atoms with E-state index in [-0.39, 0.29) is 0 Å². The van der Waals surface area contributed by atoms with Crippen LogP contribution in [0.3, 0.4) is 0 Å². The van der Waals surface area contributed by atoms with Crippen LogP contribution in [0.1, 0.15) is 0 Å². The number of rotatable bonds is 3. The Balaban J connectivity index is 2.76. The Labute approximate surface area is 82.0 Å². The Morgan fingerprint density at radius 1 is 1.62 bits per heavy atom. The fraction of sp³-hybridized carbons (Fsp3) is 0. The summed E-state index contributed by atoms with van der Waals surface area (Å²) < 4.78 is 0.757. The molecule has 0 unspecified atom stereocenters. The topological polar surface area (TPSA) is 81.6 Å². The third-order valence-corrected chi connectivity index (χ3v) is 1.71. The van der Waals surface area contributed by atoms with Gasteiger partial charge in [-0.3, -0.25) is 0 Å². The monoisotopic (exact) mass is 247 g/mol. The number of hydrazine groups is 1. The van der Waals surface area contributed by atoms with E-state index in [2.05, 4.69) is 20.9 Å². The fourth-order valence-corrected chi connectivity index (χ4v) is 1.12. The summed E-state index contributed by atoms with van der Waals surface area (Å²) in [5.41, 5.74) is 0.381.